The van der Waals surface area contributed by atoms with Gasteiger partial charge in [0.2, 0.25) is 0 Å². The van der Waals surface area contributed by atoms with E-state index in [0.29, 0.717) is 10.6 Å². The molecule has 0 saturated heterocycles. The summed E-state index contributed by atoms with van der Waals surface area (Å²) in [5.74, 6) is -0.434. The zero-order chi connectivity index (χ0) is 21.1. The second kappa shape index (κ2) is 8.94. The Morgan fingerprint density at radius 2 is 1.70 bits per heavy atom. The largest absolute Gasteiger partial charge is 0.289 e. The highest BCUT2D eigenvalue weighted by molar-refractivity contribution is 9.10. The molecular weight excluding hydrogens is 461 g/mol. The van der Waals surface area contributed by atoms with E-state index < -0.39 is 0 Å². The predicted octanol–water partition coefficient (Wildman–Crippen LogP) is 7.49. The third kappa shape index (κ3) is 4.53. The number of hydrogen-bond acceptors (Lipinski definition) is 3. The fourth-order valence-electron chi connectivity index (χ4n) is 3.16. The number of ketones is 1. The van der Waals surface area contributed by atoms with Crippen LogP contribution >= 0.6 is 27.7 Å². The Labute approximate surface area is 187 Å². The Kier molecular flexibility index (Phi) is 6.11. The zero-order valence-corrected chi connectivity index (χ0v) is 18.5. The third-order valence-corrected chi connectivity index (χ3v) is 6.22. The first-order valence-corrected chi connectivity index (χ1v) is 10.9. The summed E-state index contributed by atoms with van der Waals surface area (Å²) in [6.07, 6.45) is 3.22. The molecule has 0 amide bonds. The molecule has 0 aliphatic rings. The Hall–Kier alpha value is -2.76. The van der Waals surface area contributed by atoms with E-state index >= 15 is 0 Å². The molecule has 0 aliphatic carbocycles. The fraction of sp³-hybridized carbons (Fsp3) is 0.0400. The van der Waals surface area contributed by atoms with Crippen LogP contribution in [0, 0.1) is 12.7 Å². The molecule has 0 spiro atoms. The van der Waals surface area contributed by atoms with Crippen LogP contribution in [0.4, 0.5) is 4.39 Å². The van der Waals surface area contributed by atoms with Crippen LogP contribution in [-0.4, -0.2) is 10.8 Å². The quantitative estimate of drug-likeness (QED) is 0.220. The zero-order valence-electron chi connectivity index (χ0n) is 16.1. The van der Waals surface area contributed by atoms with Gasteiger partial charge < -0.3 is 0 Å². The smallest absolute Gasteiger partial charge is 0.188 e. The summed E-state index contributed by atoms with van der Waals surface area (Å²) in [7, 11) is 0. The van der Waals surface area contributed by atoms with Crippen molar-refractivity contribution in [2.75, 3.05) is 0 Å². The lowest BCUT2D eigenvalue weighted by Crippen LogP contribution is -2.04. The number of aromatic nitrogens is 1. The van der Waals surface area contributed by atoms with E-state index in [9.17, 15) is 9.18 Å². The Bertz CT molecular complexity index is 1250. The van der Waals surface area contributed by atoms with Gasteiger partial charge in [-0.25, -0.2) is 9.37 Å². The Balaban J connectivity index is 1.77. The lowest BCUT2D eigenvalue weighted by Gasteiger charge is -2.12. The van der Waals surface area contributed by atoms with Crippen LogP contribution in [0.5, 0.6) is 0 Å². The summed E-state index contributed by atoms with van der Waals surface area (Å²) in [5.41, 5.74) is 3.10. The van der Waals surface area contributed by atoms with Gasteiger partial charge in [-0.3, -0.25) is 4.79 Å². The normalized spacial score (nSPS) is 11.3. The van der Waals surface area contributed by atoms with Gasteiger partial charge in [0.05, 0.1) is 11.1 Å². The molecule has 2 nitrogen and oxygen atoms in total. The van der Waals surface area contributed by atoms with Gasteiger partial charge in [-0.15, -0.1) is 0 Å². The van der Waals surface area contributed by atoms with Crippen molar-refractivity contribution < 1.29 is 9.18 Å². The highest BCUT2D eigenvalue weighted by Gasteiger charge is 2.18. The topological polar surface area (TPSA) is 30.0 Å². The predicted molar refractivity (Wildman–Crippen MR) is 125 cm³/mol. The summed E-state index contributed by atoms with van der Waals surface area (Å²) < 4.78 is 14.1. The molecule has 0 unspecified atom stereocenters. The minimum Gasteiger partial charge on any atom is -0.289 e. The molecule has 0 N–H and O–H groups in total. The van der Waals surface area contributed by atoms with Gasteiger partial charge in [-0.2, -0.15) is 0 Å². The molecule has 4 aromatic rings. The number of para-hydroxylation sites is 1. The van der Waals surface area contributed by atoms with Crippen molar-refractivity contribution in [3.8, 4) is 0 Å². The monoisotopic (exact) mass is 477 g/mol. The van der Waals surface area contributed by atoms with Crippen molar-refractivity contribution in [3.63, 3.8) is 0 Å². The lowest BCUT2D eigenvalue weighted by molar-refractivity contribution is 0.104. The molecule has 4 rings (SSSR count). The van der Waals surface area contributed by atoms with Gasteiger partial charge in [-0.1, -0.05) is 64.1 Å². The van der Waals surface area contributed by atoms with Crippen LogP contribution in [0.15, 0.2) is 93.3 Å². The molecule has 5 heteroatoms. The molecule has 0 atom stereocenters. The van der Waals surface area contributed by atoms with Gasteiger partial charge in [0.15, 0.2) is 5.78 Å². The van der Waals surface area contributed by atoms with E-state index in [1.54, 1.807) is 18.2 Å². The Morgan fingerprint density at radius 1 is 1.00 bits per heavy atom. The number of hydrogen-bond donors (Lipinski definition) is 0. The highest BCUT2D eigenvalue weighted by Crippen LogP contribution is 2.34. The number of nitrogens with zero attached hydrogens (tertiary/aromatic N) is 1. The molecule has 0 bridgehead atoms. The second-order valence-electron chi connectivity index (χ2n) is 6.74. The van der Waals surface area contributed by atoms with E-state index in [0.717, 1.165) is 31.4 Å². The number of fused-ring (bicyclic) bond motifs is 1. The molecular formula is C25H17BrFNOS. The van der Waals surface area contributed by atoms with Gasteiger partial charge in [0, 0.05) is 14.8 Å². The number of pyridine rings is 1. The summed E-state index contributed by atoms with van der Waals surface area (Å²) in [5, 5.41) is 1.62. The minimum absolute atomic E-state index is 0.130. The molecule has 1 heterocycles. The molecule has 0 radical (unpaired) electrons. The SMILES string of the molecule is Cc1c(C(=O)C=Cc2ccc(F)cc2)c(Sc2ccc(Br)cc2)nc2ccccc12. The molecule has 3 aromatic carbocycles. The summed E-state index contributed by atoms with van der Waals surface area (Å²) in [6.45, 7) is 1.95. The number of carbonyl (C=O) groups excluding carboxylic acids is 1. The summed E-state index contributed by atoms with van der Waals surface area (Å²) in [4.78, 5) is 19.0. The van der Waals surface area contributed by atoms with Gasteiger partial charge >= 0.3 is 0 Å². The Morgan fingerprint density at radius 3 is 2.43 bits per heavy atom. The molecule has 1 aromatic heterocycles. The van der Waals surface area contributed by atoms with Gasteiger partial charge in [0.25, 0.3) is 0 Å². The first-order valence-electron chi connectivity index (χ1n) is 9.32. The van der Waals surface area contributed by atoms with Crippen molar-refractivity contribution in [1.29, 1.82) is 0 Å². The van der Waals surface area contributed by atoms with Crippen LogP contribution in [0.2, 0.25) is 0 Å². The number of carbonyl (C=O) groups is 1. The average molecular weight is 478 g/mol. The van der Waals surface area contributed by atoms with Crippen LogP contribution in [0.1, 0.15) is 21.5 Å². The summed E-state index contributed by atoms with van der Waals surface area (Å²) >= 11 is 4.92. The maximum atomic E-state index is 13.2. The van der Waals surface area contributed by atoms with E-state index in [-0.39, 0.29) is 11.6 Å². The number of rotatable bonds is 5. The van der Waals surface area contributed by atoms with E-state index in [2.05, 4.69) is 15.9 Å². The van der Waals surface area contributed by atoms with Crippen LogP contribution in [0.3, 0.4) is 0 Å². The number of allylic oxidation sites excluding steroid dienone is 1. The van der Waals surface area contributed by atoms with Crippen LogP contribution in [-0.2, 0) is 0 Å². The third-order valence-electron chi connectivity index (χ3n) is 4.69. The van der Waals surface area contributed by atoms with Crippen molar-refractivity contribution in [2.45, 2.75) is 16.8 Å². The van der Waals surface area contributed by atoms with Crippen LogP contribution < -0.4 is 0 Å². The standard InChI is InChI=1S/C25H17BrFNOS/c1-16-21-4-2-3-5-22(21)28-25(30-20-13-9-18(26)10-14-20)24(16)23(29)15-8-17-6-11-19(27)12-7-17/h2-15H,1H3. The second-order valence-corrected chi connectivity index (χ2v) is 8.72. The minimum atomic E-state index is -0.304. The number of aryl methyl sites for hydroxylation is 1. The molecule has 30 heavy (non-hydrogen) atoms. The first-order chi connectivity index (χ1) is 14.5. The van der Waals surface area contributed by atoms with Crippen molar-refractivity contribution in [2.24, 2.45) is 0 Å². The van der Waals surface area contributed by atoms with E-state index in [1.807, 2.05) is 55.5 Å². The van der Waals surface area contributed by atoms with E-state index in [4.69, 9.17) is 4.98 Å². The highest BCUT2D eigenvalue weighted by atomic mass is 79.9. The average Bonchev–Trinajstić information content (AvgIpc) is 2.75. The van der Waals surface area contributed by atoms with Gasteiger partial charge in [-0.05, 0) is 66.6 Å². The van der Waals surface area contributed by atoms with Crippen molar-refractivity contribution in [3.05, 3.63) is 106 Å². The molecule has 0 saturated carbocycles. The molecule has 0 aliphatic heterocycles. The van der Waals surface area contributed by atoms with E-state index in [1.165, 1.54) is 30.0 Å². The number of benzene rings is 3. The maximum absolute atomic E-state index is 13.2. The molecule has 0 fully saturated rings. The van der Waals surface area contributed by atoms with Crippen LogP contribution in [0.25, 0.3) is 17.0 Å². The van der Waals surface area contributed by atoms with Crippen molar-refractivity contribution >= 4 is 50.5 Å². The number of halogens is 2. The molecule has 148 valence electrons. The summed E-state index contributed by atoms with van der Waals surface area (Å²) in [6, 6.07) is 21.8. The van der Waals surface area contributed by atoms with Crippen molar-refractivity contribution in [1.82, 2.24) is 4.98 Å². The fourth-order valence-corrected chi connectivity index (χ4v) is 4.42. The lowest BCUT2D eigenvalue weighted by atomic mass is 10.0. The van der Waals surface area contributed by atoms with Gasteiger partial charge in [0.1, 0.15) is 10.8 Å². The first kappa shape index (κ1) is 20.5. The maximum Gasteiger partial charge on any atom is 0.188 e.